The molecule has 0 amide bonds. The van der Waals surface area contributed by atoms with Gasteiger partial charge in [-0.1, -0.05) is 18.2 Å². The van der Waals surface area contributed by atoms with Crippen molar-refractivity contribution < 1.29 is 5.11 Å². The first-order valence-electron chi connectivity index (χ1n) is 5.61. The number of hydrogen-bond donors (Lipinski definition) is 1. The molecule has 1 aromatic rings. The van der Waals surface area contributed by atoms with E-state index in [0.29, 0.717) is 0 Å². The molecule has 2 rings (SSSR count). The minimum absolute atomic E-state index is 0.0569. The topological polar surface area (TPSA) is 23.5 Å². The van der Waals surface area contributed by atoms with Crippen molar-refractivity contribution in [2.45, 2.75) is 32.2 Å². The lowest BCUT2D eigenvalue weighted by molar-refractivity contribution is 0.248. The first-order chi connectivity index (χ1) is 7.15. The van der Waals surface area contributed by atoms with Crippen LogP contribution in [0.1, 0.15) is 25.8 Å². The average molecular weight is 205 g/mol. The minimum atomic E-state index is 0.0569. The second-order valence-corrected chi connectivity index (χ2v) is 4.82. The van der Waals surface area contributed by atoms with Crippen molar-refractivity contribution in [3.8, 4) is 0 Å². The molecule has 1 heterocycles. The predicted molar refractivity (Wildman–Crippen MR) is 63.3 cm³/mol. The van der Waals surface area contributed by atoms with Crippen LogP contribution in [0.3, 0.4) is 0 Å². The molecule has 0 saturated heterocycles. The molecule has 0 radical (unpaired) electrons. The Bertz CT molecular complexity index is 346. The summed E-state index contributed by atoms with van der Waals surface area (Å²) in [7, 11) is 0. The molecule has 2 heteroatoms. The number of aliphatic hydroxyl groups is 1. The fourth-order valence-electron chi connectivity index (χ4n) is 2.38. The summed E-state index contributed by atoms with van der Waals surface area (Å²) in [5.41, 5.74) is 2.83. The molecule has 0 fully saturated rings. The molecule has 0 bridgehead atoms. The van der Waals surface area contributed by atoms with Crippen molar-refractivity contribution in [2.75, 3.05) is 18.1 Å². The molecule has 15 heavy (non-hydrogen) atoms. The van der Waals surface area contributed by atoms with Crippen LogP contribution in [0.15, 0.2) is 24.3 Å². The van der Waals surface area contributed by atoms with Gasteiger partial charge in [0.05, 0.1) is 0 Å². The largest absolute Gasteiger partial charge is 0.396 e. The zero-order chi connectivity index (χ0) is 10.9. The third-order valence-electron chi connectivity index (χ3n) is 3.34. The fraction of sp³-hybridized carbons (Fsp3) is 0.538. The molecule has 0 atom stereocenters. The fourth-order valence-corrected chi connectivity index (χ4v) is 2.38. The van der Waals surface area contributed by atoms with Gasteiger partial charge in [-0.3, -0.25) is 0 Å². The molecule has 0 spiro atoms. The lowest BCUT2D eigenvalue weighted by Gasteiger charge is -2.37. The maximum Gasteiger partial charge on any atom is 0.0453 e. The van der Waals surface area contributed by atoms with Crippen LogP contribution in [0.4, 0.5) is 5.69 Å². The standard InChI is InChI=1S/C13H19NO/c1-13(2,8-10-15)14-9-7-11-5-3-4-6-12(11)14/h3-6,15H,7-10H2,1-2H3. The van der Waals surface area contributed by atoms with Crippen molar-refractivity contribution in [1.29, 1.82) is 0 Å². The van der Waals surface area contributed by atoms with E-state index in [4.69, 9.17) is 5.11 Å². The Labute approximate surface area is 91.5 Å². The highest BCUT2D eigenvalue weighted by Crippen LogP contribution is 2.34. The summed E-state index contributed by atoms with van der Waals surface area (Å²) in [6.45, 7) is 5.73. The SMILES string of the molecule is CC(C)(CCO)N1CCc2ccccc21. The summed E-state index contributed by atoms with van der Waals surface area (Å²) >= 11 is 0. The van der Waals surface area contributed by atoms with E-state index >= 15 is 0 Å². The molecule has 1 aliphatic rings. The summed E-state index contributed by atoms with van der Waals surface area (Å²) in [5, 5.41) is 9.08. The molecule has 0 unspecified atom stereocenters. The van der Waals surface area contributed by atoms with Crippen LogP contribution in [0.2, 0.25) is 0 Å². The maximum absolute atomic E-state index is 9.08. The molecule has 1 aliphatic heterocycles. The van der Waals surface area contributed by atoms with Crippen LogP contribution in [-0.4, -0.2) is 23.8 Å². The van der Waals surface area contributed by atoms with Crippen molar-refractivity contribution in [1.82, 2.24) is 0 Å². The van der Waals surface area contributed by atoms with Gasteiger partial charge >= 0.3 is 0 Å². The average Bonchev–Trinajstić information content (AvgIpc) is 2.61. The van der Waals surface area contributed by atoms with Crippen LogP contribution in [-0.2, 0) is 6.42 Å². The van der Waals surface area contributed by atoms with Crippen molar-refractivity contribution >= 4 is 5.69 Å². The van der Waals surface area contributed by atoms with E-state index < -0.39 is 0 Å². The normalized spacial score (nSPS) is 15.5. The van der Waals surface area contributed by atoms with E-state index in [1.54, 1.807) is 0 Å². The summed E-state index contributed by atoms with van der Waals surface area (Å²) in [5.74, 6) is 0. The Kier molecular flexibility index (Phi) is 2.70. The zero-order valence-electron chi connectivity index (χ0n) is 9.53. The van der Waals surface area contributed by atoms with E-state index in [9.17, 15) is 0 Å². The van der Waals surface area contributed by atoms with E-state index in [0.717, 1.165) is 19.4 Å². The Morgan fingerprint density at radius 3 is 2.80 bits per heavy atom. The first kappa shape index (κ1) is 10.5. The molecule has 0 aromatic heterocycles. The summed E-state index contributed by atoms with van der Waals surface area (Å²) in [6, 6.07) is 8.57. The lowest BCUT2D eigenvalue weighted by Crippen LogP contribution is -2.43. The van der Waals surface area contributed by atoms with Crippen LogP contribution in [0, 0.1) is 0 Å². The van der Waals surface area contributed by atoms with Gasteiger partial charge in [0.2, 0.25) is 0 Å². The number of nitrogens with zero attached hydrogens (tertiary/aromatic N) is 1. The highest BCUT2D eigenvalue weighted by Gasteiger charge is 2.30. The zero-order valence-corrected chi connectivity index (χ0v) is 9.53. The van der Waals surface area contributed by atoms with Crippen molar-refractivity contribution in [3.05, 3.63) is 29.8 Å². The molecule has 82 valence electrons. The number of hydrogen-bond acceptors (Lipinski definition) is 2. The van der Waals surface area contributed by atoms with E-state index in [2.05, 4.69) is 43.0 Å². The lowest BCUT2D eigenvalue weighted by atomic mass is 9.98. The molecule has 0 saturated carbocycles. The highest BCUT2D eigenvalue weighted by molar-refractivity contribution is 5.59. The molecule has 1 N–H and O–H groups in total. The Hall–Kier alpha value is -1.02. The smallest absolute Gasteiger partial charge is 0.0453 e. The van der Waals surface area contributed by atoms with Gasteiger partial charge < -0.3 is 10.0 Å². The number of para-hydroxylation sites is 1. The Balaban J connectivity index is 2.27. The van der Waals surface area contributed by atoms with E-state index in [1.165, 1.54) is 11.3 Å². The quantitative estimate of drug-likeness (QED) is 0.817. The van der Waals surface area contributed by atoms with Gasteiger partial charge in [0.15, 0.2) is 0 Å². The van der Waals surface area contributed by atoms with Gasteiger partial charge in [0.25, 0.3) is 0 Å². The predicted octanol–water partition coefficient (Wildman–Crippen LogP) is 2.21. The first-order valence-corrected chi connectivity index (χ1v) is 5.61. The maximum atomic E-state index is 9.08. The molecule has 1 aromatic carbocycles. The number of aliphatic hydroxyl groups excluding tert-OH is 1. The number of fused-ring (bicyclic) bond motifs is 1. The number of benzene rings is 1. The minimum Gasteiger partial charge on any atom is -0.396 e. The number of anilines is 1. The second-order valence-electron chi connectivity index (χ2n) is 4.82. The van der Waals surface area contributed by atoms with Gasteiger partial charge in [-0.05, 0) is 38.3 Å². The second kappa shape index (κ2) is 3.86. The monoisotopic (exact) mass is 205 g/mol. The summed E-state index contributed by atoms with van der Waals surface area (Å²) in [6.07, 6.45) is 1.95. The van der Waals surface area contributed by atoms with Gasteiger partial charge in [0.1, 0.15) is 0 Å². The van der Waals surface area contributed by atoms with Crippen LogP contribution < -0.4 is 4.90 Å². The van der Waals surface area contributed by atoms with Gasteiger partial charge in [-0.2, -0.15) is 0 Å². The molecule has 0 aliphatic carbocycles. The van der Waals surface area contributed by atoms with Crippen molar-refractivity contribution in [2.24, 2.45) is 0 Å². The molecular weight excluding hydrogens is 186 g/mol. The van der Waals surface area contributed by atoms with Crippen molar-refractivity contribution in [3.63, 3.8) is 0 Å². The Morgan fingerprint density at radius 2 is 2.07 bits per heavy atom. The third-order valence-corrected chi connectivity index (χ3v) is 3.34. The van der Waals surface area contributed by atoms with Gasteiger partial charge in [0, 0.05) is 24.4 Å². The summed E-state index contributed by atoms with van der Waals surface area (Å²) in [4.78, 5) is 2.42. The summed E-state index contributed by atoms with van der Waals surface area (Å²) < 4.78 is 0. The van der Waals surface area contributed by atoms with Crippen LogP contribution in [0.5, 0.6) is 0 Å². The third kappa shape index (κ3) is 1.86. The molecular formula is C13H19NO. The van der Waals surface area contributed by atoms with E-state index in [1.807, 2.05) is 0 Å². The highest BCUT2D eigenvalue weighted by atomic mass is 16.3. The Morgan fingerprint density at radius 1 is 1.33 bits per heavy atom. The van der Waals surface area contributed by atoms with E-state index in [-0.39, 0.29) is 12.1 Å². The molecule has 2 nitrogen and oxygen atoms in total. The van der Waals surface area contributed by atoms with Crippen LogP contribution >= 0.6 is 0 Å². The van der Waals surface area contributed by atoms with Gasteiger partial charge in [-0.15, -0.1) is 0 Å². The van der Waals surface area contributed by atoms with Crippen LogP contribution in [0.25, 0.3) is 0 Å². The van der Waals surface area contributed by atoms with Gasteiger partial charge in [-0.25, -0.2) is 0 Å². The number of rotatable bonds is 3.